The number of oxazole rings is 1. The Kier molecular flexibility index (Phi) is 2.68. The number of nitrogens with one attached hydrogen (secondary N) is 1. The van der Waals surface area contributed by atoms with Gasteiger partial charge in [-0.25, -0.2) is 14.8 Å². The van der Waals surface area contributed by atoms with Crippen molar-refractivity contribution in [3.63, 3.8) is 0 Å². The third-order valence-corrected chi connectivity index (χ3v) is 3.71. The monoisotopic (exact) mass is 295 g/mol. The van der Waals surface area contributed by atoms with E-state index in [9.17, 15) is 4.79 Å². The maximum absolute atomic E-state index is 11.9. The van der Waals surface area contributed by atoms with Crippen LogP contribution in [0, 0.1) is 0 Å². The molecule has 6 heteroatoms. The average Bonchev–Trinajstić information content (AvgIpc) is 3.19. The van der Waals surface area contributed by atoms with Gasteiger partial charge in [-0.15, -0.1) is 11.3 Å². The highest BCUT2D eigenvalue weighted by molar-refractivity contribution is 7.07. The number of aromatic amines is 1. The summed E-state index contributed by atoms with van der Waals surface area (Å²) in [5, 5.41) is 4.10. The van der Waals surface area contributed by atoms with E-state index >= 15 is 0 Å². The minimum absolute atomic E-state index is 0.359. The fraction of sp³-hybridized carbons (Fsp3) is 0. The molecule has 102 valence electrons. The first-order valence-electron chi connectivity index (χ1n) is 6.28. The number of fused-ring (bicyclic) bond motifs is 1. The number of benzene rings is 1. The molecular formula is C15H9N3O2S. The molecule has 5 nitrogen and oxygen atoms in total. The lowest BCUT2D eigenvalue weighted by Gasteiger charge is -1.82. The lowest BCUT2D eigenvalue weighted by molar-refractivity contribution is 0.484. The second-order valence-corrected chi connectivity index (χ2v) is 5.23. The fourth-order valence-corrected chi connectivity index (χ4v) is 2.65. The Morgan fingerprint density at radius 3 is 3.00 bits per heavy atom. The SMILES string of the molecule is O=c1oc(=C2C=c3ccccc3=N2)[nH]/c1=C/c1cscn1. The van der Waals surface area contributed by atoms with Gasteiger partial charge in [-0.1, -0.05) is 18.2 Å². The molecule has 0 aliphatic carbocycles. The van der Waals surface area contributed by atoms with Crippen LogP contribution < -0.4 is 27.1 Å². The van der Waals surface area contributed by atoms with Crippen molar-refractivity contribution < 1.29 is 4.42 Å². The first-order chi connectivity index (χ1) is 10.3. The first-order valence-corrected chi connectivity index (χ1v) is 7.23. The van der Waals surface area contributed by atoms with Crippen LogP contribution in [0.5, 0.6) is 0 Å². The van der Waals surface area contributed by atoms with E-state index in [4.69, 9.17) is 4.42 Å². The van der Waals surface area contributed by atoms with E-state index in [-0.39, 0.29) is 0 Å². The highest BCUT2D eigenvalue weighted by Gasteiger charge is 2.05. The van der Waals surface area contributed by atoms with E-state index in [2.05, 4.69) is 15.0 Å². The molecule has 0 bridgehead atoms. The van der Waals surface area contributed by atoms with Crippen LogP contribution in [0.4, 0.5) is 0 Å². The normalized spacial score (nSPS) is 16.5. The third-order valence-electron chi connectivity index (χ3n) is 3.11. The molecule has 1 aromatic carbocycles. The van der Waals surface area contributed by atoms with Gasteiger partial charge in [0, 0.05) is 10.6 Å². The maximum atomic E-state index is 11.9. The molecule has 0 saturated carbocycles. The summed E-state index contributed by atoms with van der Waals surface area (Å²) in [5.41, 5.74) is 2.98. The lowest BCUT2D eigenvalue weighted by Crippen LogP contribution is -2.21. The Balaban J connectivity index is 1.95. The standard InChI is InChI=1S/C15H9N3O2S/c19-15-13(6-10-7-21-8-16-10)18-14(20-15)12-5-9-3-1-2-4-11(9)17-12/h1-8,18H/b13-6+,14-12?. The molecule has 1 N–H and O–H groups in total. The first kappa shape index (κ1) is 12.0. The molecule has 0 fully saturated rings. The fourth-order valence-electron chi connectivity index (χ4n) is 2.14. The van der Waals surface area contributed by atoms with Crippen LogP contribution in [-0.4, -0.2) is 9.97 Å². The van der Waals surface area contributed by atoms with Gasteiger partial charge in [0.2, 0.25) is 5.55 Å². The minimum atomic E-state index is -0.426. The largest absolute Gasteiger partial charge is 0.402 e. The molecule has 0 saturated heterocycles. The summed E-state index contributed by atoms with van der Waals surface area (Å²) in [4.78, 5) is 23.4. The predicted octanol–water partition coefficient (Wildman–Crippen LogP) is -0.525. The zero-order valence-corrected chi connectivity index (χ0v) is 11.6. The number of para-hydroxylation sites is 1. The van der Waals surface area contributed by atoms with Crippen LogP contribution in [0.1, 0.15) is 5.69 Å². The van der Waals surface area contributed by atoms with Crippen LogP contribution >= 0.6 is 11.3 Å². The van der Waals surface area contributed by atoms with Gasteiger partial charge in [-0.2, -0.15) is 0 Å². The van der Waals surface area contributed by atoms with Crippen LogP contribution in [0.3, 0.4) is 0 Å². The molecule has 1 aliphatic heterocycles. The Morgan fingerprint density at radius 1 is 1.29 bits per heavy atom. The van der Waals surface area contributed by atoms with Crippen molar-refractivity contribution in [2.24, 2.45) is 4.99 Å². The number of rotatable bonds is 1. The highest BCUT2D eigenvalue weighted by Crippen LogP contribution is 2.00. The van der Waals surface area contributed by atoms with E-state index in [1.165, 1.54) is 11.3 Å². The van der Waals surface area contributed by atoms with Crippen molar-refractivity contribution in [3.8, 4) is 0 Å². The number of nitrogens with zero attached hydrogens (tertiary/aromatic N) is 2. The quantitative estimate of drug-likeness (QED) is 0.656. The average molecular weight is 295 g/mol. The molecule has 1 aliphatic rings. The van der Waals surface area contributed by atoms with Gasteiger partial charge in [0.1, 0.15) is 11.0 Å². The van der Waals surface area contributed by atoms with E-state index < -0.39 is 5.63 Å². The predicted molar refractivity (Wildman–Crippen MR) is 79.4 cm³/mol. The Hall–Kier alpha value is -2.73. The number of hydrogen-bond donors (Lipinski definition) is 1. The van der Waals surface area contributed by atoms with Crippen LogP contribution in [0.15, 0.2) is 49.4 Å². The lowest BCUT2D eigenvalue weighted by atomic mass is 10.3. The Labute approximate surface area is 121 Å². The van der Waals surface area contributed by atoms with Gasteiger partial charge in [0.05, 0.1) is 16.6 Å². The molecule has 2 aromatic heterocycles. The molecule has 21 heavy (non-hydrogen) atoms. The summed E-state index contributed by atoms with van der Waals surface area (Å²) in [6.07, 6.45) is 3.55. The van der Waals surface area contributed by atoms with Crippen molar-refractivity contribution in [3.05, 3.63) is 72.7 Å². The van der Waals surface area contributed by atoms with E-state index in [0.717, 1.165) is 16.3 Å². The van der Waals surface area contributed by atoms with Gasteiger partial charge in [0.25, 0.3) is 0 Å². The van der Waals surface area contributed by atoms with Crippen molar-refractivity contribution in [2.45, 2.75) is 0 Å². The maximum Gasteiger partial charge on any atom is 0.361 e. The zero-order chi connectivity index (χ0) is 14.2. The minimum Gasteiger partial charge on any atom is -0.402 e. The van der Waals surface area contributed by atoms with Crippen LogP contribution in [0.2, 0.25) is 0 Å². The molecule has 4 rings (SSSR count). The van der Waals surface area contributed by atoms with Crippen LogP contribution in [-0.2, 0) is 0 Å². The summed E-state index contributed by atoms with van der Waals surface area (Å²) in [6, 6.07) is 7.75. The van der Waals surface area contributed by atoms with E-state index in [1.54, 1.807) is 11.6 Å². The summed E-state index contributed by atoms with van der Waals surface area (Å²) >= 11 is 1.47. The van der Waals surface area contributed by atoms with Gasteiger partial charge in [-0.05, 0) is 18.2 Å². The number of H-pyrrole nitrogens is 1. The van der Waals surface area contributed by atoms with Gasteiger partial charge in [-0.3, -0.25) is 0 Å². The second-order valence-electron chi connectivity index (χ2n) is 4.52. The zero-order valence-electron chi connectivity index (χ0n) is 10.7. The summed E-state index contributed by atoms with van der Waals surface area (Å²) < 4.78 is 5.25. The van der Waals surface area contributed by atoms with Crippen molar-refractivity contribution in [1.29, 1.82) is 0 Å². The number of thiazole rings is 1. The molecule has 0 atom stereocenters. The molecule has 0 radical (unpaired) electrons. The Morgan fingerprint density at radius 2 is 2.19 bits per heavy atom. The summed E-state index contributed by atoms with van der Waals surface area (Å²) in [5.74, 6) is 0. The van der Waals surface area contributed by atoms with Gasteiger partial charge >= 0.3 is 5.63 Å². The van der Waals surface area contributed by atoms with Crippen LogP contribution in [0.25, 0.3) is 17.8 Å². The molecule has 0 amide bonds. The van der Waals surface area contributed by atoms with E-state index in [1.807, 2.05) is 35.7 Å². The summed E-state index contributed by atoms with van der Waals surface area (Å²) in [6.45, 7) is 0. The van der Waals surface area contributed by atoms with E-state index in [0.29, 0.717) is 16.6 Å². The molecule has 0 spiro atoms. The third kappa shape index (κ3) is 2.15. The van der Waals surface area contributed by atoms with Crippen molar-refractivity contribution >= 4 is 29.2 Å². The molecular weight excluding hydrogens is 286 g/mol. The topological polar surface area (TPSA) is 71.2 Å². The smallest absolute Gasteiger partial charge is 0.361 e. The van der Waals surface area contributed by atoms with Crippen molar-refractivity contribution in [1.82, 2.24) is 9.97 Å². The highest BCUT2D eigenvalue weighted by atomic mass is 32.1. The van der Waals surface area contributed by atoms with Crippen molar-refractivity contribution in [2.75, 3.05) is 0 Å². The van der Waals surface area contributed by atoms with Gasteiger partial charge in [0.15, 0.2) is 0 Å². The molecule has 0 unspecified atom stereocenters. The summed E-state index contributed by atoms with van der Waals surface area (Å²) in [7, 11) is 0. The number of aromatic nitrogens is 2. The molecule has 3 aromatic rings. The molecule has 3 heterocycles. The second kappa shape index (κ2) is 4.68. The Bertz CT molecular complexity index is 1070. The van der Waals surface area contributed by atoms with Gasteiger partial charge < -0.3 is 9.40 Å². The number of hydrogen-bond acceptors (Lipinski definition) is 5.